The molecular weight excluding hydrogens is 713 g/mol. The first-order valence-electron chi connectivity index (χ1n) is 20.0. The van der Waals surface area contributed by atoms with Gasteiger partial charge in [-0.2, -0.15) is 0 Å². The van der Waals surface area contributed by atoms with Crippen LogP contribution in [0.4, 0.5) is 0 Å². The zero-order chi connectivity index (χ0) is 37.8. The van der Waals surface area contributed by atoms with Crippen LogP contribution >= 0.6 is 11.3 Å². The minimum Gasteiger partial charge on any atom is -0.330 e. The number of benzene rings is 7. The van der Waals surface area contributed by atoms with E-state index in [1.54, 1.807) is 11.3 Å². The molecule has 0 fully saturated rings. The lowest BCUT2D eigenvalue weighted by atomic mass is 9.83. The van der Waals surface area contributed by atoms with E-state index in [4.69, 9.17) is 4.98 Å². The molecule has 272 valence electrons. The van der Waals surface area contributed by atoms with E-state index in [0.29, 0.717) is 0 Å². The van der Waals surface area contributed by atoms with Crippen molar-refractivity contribution in [1.82, 2.24) is 18.7 Å². The summed E-state index contributed by atoms with van der Waals surface area (Å²) in [6.45, 7) is 4.72. The minimum absolute atomic E-state index is 0.287. The molecule has 0 amide bonds. The lowest BCUT2D eigenvalue weighted by Gasteiger charge is -2.36. The number of pyridine rings is 1. The zero-order valence-electron chi connectivity index (χ0n) is 31.8. The molecule has 57 heavy (non-hydrogen) atoms. The normalized spacial score (nSPS) is 12.5. The van der Waals surface area contributed by atoms with Crippen LogP contribution in [0.15, 0.2) is 170 Å². The van der Waals surface area contributed by atoms with E-state index in [2.05, 4.69) is 185 Å². The summed E-state index contributed by atoms with van der Waals surface area (Å²) < 4.78 is 8.84. The summed E-state index contributed by atoms with van der Waals surface area (Å²) in [6.07, 6.45) is 3.79. The van der Waals surface area contributed by atoms with Crippen molar-refractivity contribution in [2.24, 2.45) is 0 Å². The average molecular weight is 751 g/mol. The standard InChI is InChI=1S/C52H38N4S/c1-3-52(4-2,33-26-28-46-41(31-33)37-17-7-11-23-45(37)55(46)49-25-13-19-39-40-20-14-30-53-51(40)57-50(39)49)56-47-24-12-8-18-38(47)42-32-34(27-29-48(42)56)54-43-21-9-5-15-35(43)36-16-6-10-22-44(36)54/h5-32H,3-4H2,1-2H3. The van der Waals surface area contributed by atoms with Crippen molar-refractivity contribution < 1.29 is 0 Å². The highest BCUT2D eigenvalue weighted by molar-refractivity contribution is 7.25. The maximum atomic E-state index is 4.74. The van der Waals surface area contributed by atoms with Gasteiger partial charge in [-0.25, -0.2) is 4.98 Å². The van der Waals surface area contributed by atoms with Gasteiger partial charge in [-0.15, -0.1) is 11.3 Å². The number of nitrogens with zero attached hydrogens (tertiary/aromatic N) is 4. The van der Waals surface area contributed by atoms with Crippen LogP contribution < -0.4 is 0 Å². The Labute approximate surface area is 333 Å². The van der Waals surface area contributed by atoms with Crippen molar-refractivity contribution in [1.29, 1.82) is 0 Å². The molecule has 0 unspecified atom stereocenters. The molecule has 0 bridgehead atoms. The second-order valence-electron chi connectivity index (χ2n) is 15.4. The van der Waals surface area contributed by atoms with E-state index < -0.39 is 0 Å². The van der Waals surface area contributed by atoms with Gasteiger partial charge in [0.15, 0.2) is 0 Å². The van der Waals surface area contributed by atoms with Crippen molar-refractivity contribution in [3.05, 3.63) is 176 Å². The summed E-state index contributed by atoms with van der Waals surface area (Å²) in [5, 5.41) is 10.1. The maximum Gasteiger partial charge on any atom is 0.124 e. The molecule has 0 radical (unpaired) electrons. The summed E-state index contributed by atoms with van der Waals surface area (Å²) in [4.78, 5) is 5.81. The maximum absolute atomic E-state index is 4.74. The molecule has 0 spiro atoms. The van der Waals surface area contributed by atoms with Gasteiger partial charge in [0, 0.05) is 60.5 Å². The summed E-state index contributed by atoms with van der Waals surface area (Å²) in [5.41, 5.74) is 10.9. The highest BCUT2D eigenvalue weighted by atomic mass is 32.1. The van der Waals surface area contributed by atoms with Crippen LogP contribution in [0.5, 0.6) is 0 Å². The molecule has 0 N–H and O–H groups in total. The van der Waals surface area contributed by atoms with Crippen LogP contribution in [-0.2, 0) is 5.54 Å². The first kappa shape index (κ1) is 32.5. The summed E-state index contributed by atoms with van der Waals surface area (Å²) in [7, 11) is 0. The largest absolute Gasteiger partial charge is 0.330 e. The number of para-hydroxylation sites is 4. The third kappa shape index (κ3) is 4.40. The number of hydrogen-bond donors (Lipinski definition) is 0. The highest BCUT2D eigenvalue weighted by Gasteiger charge is 2.34. The Balaban J connectivity index is 1.09. The Morgan fingerprint density at radius 1 is 0.456 bits per heavy atom. The fourth-order valence-corrected chi connectivity index (χ4v) is 11.3. The predicted octanol–water partition coefficient (Wildman–Crippen LogP) is 14.3. The number of aromatic nitrogens is 4. The van der Waals surface area contributed by atoms with Gasteiger partial charge in [0.1, 0.15) is 4.83 Å². The third-order valence-corrected chi connectivity index (χ3v) is 13.9. The lowest BCUT2D eigenvalue weighted by Crippen LogP contribution is -2.33. The topological polar surface area (TPSA) is 27.7 Å². The van der Waals surface area contributed by atoms with E-state index in [-0.39, 0.29) is 5.54 Å². The Kier molecular flexibility index (Phi) is 6.94. The average Bonchev–Trinajstić information content (AvgIpc) is 4.01. The van der Waals surface area contributed by atoms with Crippen molar-refractivity contribution in [3.8, 4) is 11.4 Å². The minimum atomic E-state index is -0.287. The van der Waals surface area contributed by atoms with Crippen LogP contribution in [0, 0.1) is 0 Å². The number of hydrogen-bond acceptors (Lipinski definition) is 2. The van der Waals surface area contributed by atoms with Gasteiger partial charge < -0.3 is 13.7 Å². The fourth-order valence-electron chi connectivity index (χ4n) is 10.2. The Morgan fingerprint density at radius 2 is 0.982 bits per heavy atom. The molecule has 0 saturated carbocycles. The second-order valence-corrected chi connectivity index (χ2v) is 16.4. The molecule has 0 saturated heterocycles. The Morgan fingerprint density at radius 3 is 1.68 bits per heavy atom. The van der Waals surface area contributed by atoms with Crippen molar-refractivity contribution >= 4 is 97.1 Å². The molecule has 4 nitrogen and oxygen atoms in total. The van der Waals surface area contributed by atoms with Crippen molar-refractivity contribution in [2.75, 3.05) is 0 Å². The van der Waals surface area contributed by atoms with Crippen molar-refractivity contribution in [2.45, 2.75) is 32.2 Å². The molecule has 5 heteroatoms. The third-order valence-electron chi connectivity index (χ3n) is 12.8. The molecule has 12 rings (SSSR count). The molecule has 12 aromatic rings. The van der Waals surface area contributed by atoms with Crippen LogP contribution in [-0.4, -0.2) is 18.7 Å². The molecule has 5 aromatic heterocycles. The quantitative estimate of drug-likeness (QED) is 0.166. The van der Waals surface area contributed by atoms with Crippen LogP contribution in [0.1, 0.15) is 32.3 Å². The molecule has 5 heterocycles. The zero-order valence-corrected chi connectivity index (χ0v) is 32.6. The fraction of sp³-hybridized carbons (Fsp3) is 0.0962. The van der Waals surface area contributed by atoms with Gasteiger partial charge in [0.05, 0.1) is 43.5 Å². The SMILES string of the molecule is CCC(CC)(c1ccc2c(c1)c1ccccc1n2-c1cccc2c1sc1ncccc12)n1c2ccccc2c2cc(-n3c4ccccc4c4ccccc43)ccc21. The van der Waals surface area contributed by atoms with Gasteiger partial charge in [0.2, 0.25) is 0 Å². The van der Waals surface area contributed by atoms with Gasteiger partial charge in [-0.1, -0.05) is 105 Å². The van der Waals surface area contributed by atoms with Crippen LogP contribution in [0.2, 0.25) is 0 Å². The smallest absolute Gasteiger partial charge is 0.124 e. The molecule has 0 aliphatic heterocycles. The Bertz CT molecular complexity index is 3520. The summed E-state index contributed by atoms with van der Waals surface area (Å²) >= 11 is 1.78. The summed E-state index contributed by atoms with van der Waals surface area (Å²) in [5.74, 6) is 0. The van der Waals surface area contributed by atoms with Gasteiger partial charge >= 0.3 is 0 Å². The van der Waals surface area contributed by atoms with E-state index in [0.717, 1.165) is 17.7 Å². The van der Waals surface area contributed by atoms with Crippen molar-refractivity contribution in [3.63, 3.8) is 0 Å². The molecule has 7 aromatic carbocycles. The van der Waals surface area contributed by atoms with Crippen LogP contribution in [0.3, 0.4) is 0 Å². The lowest BCUT2D eigenvalue weighted by molar-refractivity contribution is 0.349. The van der Waals surface area contributed by atoms with E-state index >= 15 is 0 Å². The molecule has 0 aliphatic rings. The predicted molar refractivity (Wildman–Crippen MR) is 243 cm³/mol. The number of fused-ring (bicyclic) bond motifs is 12. The monoisotopic (exact) mass is 750 g/mol. The Hall–Kier alpha value is -6.69. The van der Waals surface area contributed by atoms with Gasteiger partial charge in [-0.05, 0) is 91.2 Å². The van der Waals surface area contributed by atoms with E-state index in [1.807, 2.05) is 12.3 Å². The molecular formula is C52H38N4S. The first-order chi connectivity index (χ1) is 28.2. The first-order valence-corrected chi connectivity index (χ1v) is 20.8. The molecule has 0 aliphatic carbocycles. The second kappa shape index (κ2) is 12.2. The van der Waals surface area contributed by atoms with Gasteiger partial charge in [-0.3, -0.25) is 0 Å². The van der Waals surface area contributed by atoms with E-state index in [9.17, 15) is 0 Å². The van der Waals surface area contributed by atoms with Gasteiger partial charge in [0.25, 0.3) is 0 Å². The highest BCUT2D eigenvalue weighted by Crippen LogP contribution is 2.46. The van der Waals surface area contributed by atoms with E-state index in [1.165, 1.54) is 97.8 Å². The summed E-state index contributed by atoms with van der Waals surface area (Å²) in [6, 6.07) is 60.8. The van der Waals surface area contributed by atoms with Crippen LogP contribution in [0.25, 0.3) is 97.1 Å². The number of thiophene rings is 1. The molecule has 0 atom stereocenters. The number of rotatable bonds is 6.